The van der Waals surface area contributed by atoms with Crippen molar-refractivity contribution in [2.45, 2.75) is 55.2 Å². The van der Waals surface area contributed by atoms with E-state index in [1.54, 1.807) is 24.1 Å². The number of nitrogens with zero attached hydrogens (tertiary/aromatic N) is 1. The molecule has 4 rings (SSSR count). The van der Waals surface area contributed by atoms with E-state index in [1.165, 1.54) is 12.1 Å². The first-order valence-electron chi connectivity index (χ1n) is 12.8. The molecule has 0 aliphatic carbocycles. The van der Waals surface area contributed by atoms with E-state index in [0.29, 0.717) is 38.3 Å². The quantitative estimate of drug-likeness (QED) is 0.465. The highest BCUT2D eigenvalue weighted by Crippen LogP contribution is 2.29. The van der Waals surface area contributed by atoms with Crippen molar-refractivity contribution >= 4 is 21.9 Å². The third kappa shape index (κ3) is 6.90. The molecule has 2 aliphatic heterocycles. The second kappa shape index (κ2) is 12.2. The Hall–Kier alpha value is -2.99. The molecular weight excluding hydrogens is 512 g/mol. The van der Waals surface area contributed by atoms with E-state index < -0.39 is 27.8 Å². The largest absolute Gasteiger partial charge is 0.497 e. The maximum atomic E-state index is 13.2. The molecule has 2 saturated heterocycles. The summed E-state index contributed by atoms with van der Waals surface area (Å²) in [6, 6.07) is 12.0. The van der Waals surface area contributed by atoms with Crippen molar-refractivity contribution in [3.05, 3.63) is 48.5 Å². The molecule has 206 valence electrons. The minimum Gasteiger partial charge on any atom is -0.497 e. The summed E-state index contributed by atoms with van der Waals surface area (Å²) in [5, 5.41) is 9.94. The normalized spacial score (nSPS) is 19.0. The molecule has 2 heterocycles. The summed E-state index contributed by atoms with van der Waals surface area (Å²) >= 11 is 0. The molecule has 2 aromatic carbocycles. The number of nitrogens with one attached hydrogen (secondary N) is 1. The van der Waals surface area contributed by atoms with Crippen molar-refractivity contribution in [2.24, 2.45) is 0 Å². The second-order valence-corrected chi connectivity index (χ2v) is 11.3. The van der Waals surface area contributed by atoms with Gasteiger partial charge in [0.1, 0.15) is 11.8 Å². The van der Waals surface area contributed by atoms with Crippen molar-refractivity contribution < 1.29 is 37.3 Å². The van der Waals surface area contributed by atoms with Crippen LogP contribution in [0.15, 0.2) is 53.4 Å². The molecule has 2 aliphatic rings. The van der Waals surface area contributed by atoms with Gasteiger partial charge in [-0.25, -0.2) is 8.42 Å². The zero-order valence-electron chi connectivity index (χ0n) is 21.4. The Morgan fingerprint density at radius 3 is 2.26 bits per heavy atom. The number of carboxylic acids is 1. The molecular formula is C27H34N2O8S. The number of rotatable bonds is 10. The number of carbonyl (C=O) groups is 2. The number of carbonyl (C=O) groups excluding carboxylic acids is 1. The van der Waals surface area contributed by atoms with Gasteiger partial charge in [-0.2, -0.15) is 4.72 Å². The Balaban J connectivity index is 1.51. The summed E-state index contributed by atoms with van der Waals surface area (Å²) in [5.74, 6) is -2.10. The smallest absolute Gasteiger partial charge is 0.321 e. The van der Waals surface area contributed by atoms with Gasteiger partial charge in [-0.1, -0.05) is 30.7 Å². The van der Waals surface area contributed by atoms with Crippen LogP contribution in [0.3, 0.4) is 0 Å². The van der Waals surface area contributed by atoms with Crippen LogP contribution in [0.4, 0.5) is 0 Å². The highest BCUT2D eigenvalue weighted by molar-refractivity contribution is 7.89. The average molecular weight is 547 g/mol. The lowest BCUT2D eigenvalue weighted by molar-refractivity contribution is -0.277. The van der Waals surface area contributed by atoms with E-state index in [2.05, 4.69) is 4.72 Å². The fourth-order valence-corrected chi connectivity index (χ4v) is 5.93. The molecule has 0 saturated carbocycles. The van der Waals surface area contributed by atoms with Gasteiger partial charge in [0.2, 0.25) is 15.9 Å². The molecule has 1 unspecified atom stereocenters. The van der Waals surface area contributed by atoms with Gasteiger partial charge >= 0.3 is 5.97 Å². The van der Waals surface area contributed by atoms with E-state index in [1.807, 2.05) is 24.3 Å². The van der Waals surface area contributed by atoms with Gasteiger partial charge in [-0.3, -0.25) is 9.59 Å². The number of hydrogen-bond acceptors (Lipinski definition) is 7. The van der Waals surface area contributed by atoms with Crippen LogP contribution in [0.5, 0.6) is 5.75 Å². The maximum absolute atomic E-state index is 13.2. The number of hydrogen-bond donors (Lipinski definition) is 2. The Labute approximate surface area is 222 Å². The number of benzene rings is 2. The van der Waals surface area contributed by atoms with Crippen LogP contribution in [0, 0.1) is 0 Å². The molecule has 0 aromatic heterocycles. The van der Waals surface area contributed by atoms with Crippen LogP contribution < -0.4 is 9.46 Å². The van der Waals surface area contributed by atoms with Gasteiger partial charge in [0, 0.05) is 19.4 Å². The van der Waals surface area contributed by atoms with Gasteiger partial charge in [-0.15, -0.1) is 0 Å². The van der Waals surface area contributed by atoms with Crippen molar-refractivity contribution in [1.82, 2.24) is 9.62 Å². The minimum absolute atomic E-state index is 0.0379. The first kappa shape index (κ1) is 28.0. The van der Waals surface area contributed by atoms with Crippen molar-refractivity contribution in [1.29, 1.82) is 0 Å². The van der Waals surface area contributed by atoms with E-state index in [-0.39, 0.29) is 23.8 Å². The molecule has 0 radical (unpaired) electrons. The molecule has 2 aromatic rings. The number of amides is 1. The van der Waals surface area contributed by atoms with Gasteiger partial charge in [0.15, 0.2) is 5.79 Å². The first-order chi connectivity index (χ1) is 18.2. The van der Waals surface area contributed by atoms with E-state index in [9.17, 15) is 23.1 Å². The molecule has 10 nitrogen and oxygen atoms in total. The van der Waals surface area contributed by atoms with Gasteiger partial charge in [0.05, 0.1) is 31.8 Å². The maximum Gasteiger partial charge on any atom is 0.321 e. The molecule has 38 heavy (non-hydrogen) atoms. The Bertz CT molecular complexity index is 1210. The van der Waals surface area contributed by atoms with Gasteiger partial charge in [0.25, 0.3) is 0 Å². The summed E-state index contributed by atoms with van der Waals surface area (Å²) in [4.78, 5) is 26.4. The van der Waals surface area contributed by atoms with Crippen LogP contribution in [0.25, 0.3) is 11.1 Å². The van der Waals surface area contributed by atoms with Crippen LogP contribution in [0.1, 0.15) is 38.5 Å². The predicted molar refractivity (Wildman–Crippen MR) is 139 cm³/mol. The molecule has 1 amide bonds. The number of methoxy groups -OCH3 is 1. The predicted octanol–water partition coefficient (Wildman–Crippen LogP) is 3.02. The lowest BCUT2D eigenvalue weighted by Crippen LogP contribution is -2.56. The Kier molecular flexibility index (Phi) is 9.03. The van der Waals surface area contributed by atoms with Crippen molar-refractivity contribution in [3.63, 3.8) is 0 Å². The topological polar surface area (TPSA) is 131 Å². The molecule has 2 N–H and O–H groups in total. The Morgan fingerprint density at radius 2 is 1.66 bits per heavy atom. The molecule has 0 bridgehead atoms. The zero-order chi connectivity index (χ0) is 27.2. The number of likely N-dealkylation sites (tertiary alicyclic amines) is 1. The molecule has 11 heteroatoms. The highest BCUT2D eigenvalue weighted by Gasteiger charge is 2.43. The number of carboxylic acid groups (broad SMARTS) is 1. The lowest BCUT2D eigenvalue weighted by Gasteiger charge is -2.41. The van der Waals surface area contributed by atoms with Crippen molar-refractivity contribution in [3.8, 4) is 16.9 Å². The summed E-state index contributed by atoms with van der Waals surface area (Å²) in [5.41, 5.74) is 1.68. The Morgan fingerprint density at radius 1 is 1.03 bits per heavy atom. The number of aliphatic carboxylic acids is 1. The second-order valence-electron chi connectivity index (χ2n) is 9.56. The number of sulfonamides is 1. The fraction of sp³-hybridized carbons (Fsp3) is 0.481. The zero-order valence-corrected chi connectivity index (χ0v) is 22.2. The SMILES string of the molecule is COc1ccc(-c2ccc(S(=O)(=O)NC(CC3(CN4CCCCCC4=O)OCCCO3)C(=O)O)cc2)cc1. The first-order valence-corrected chi connectivity index (χ1v) is 14.2. The standard InChI is InChI=1S/C27H34N2O8S/c1-35-22-11-7-20(8-12-22)21-9-13-23(14-10-21)38(33,34)28-24(26(31)32)18-27(36-16-5-17-37-27)19-29-15-4-2-3-6-25(29)30/h7-14,24,28H,2-6,15-19H2,1H3,(H,31,32). The van der Waals surface area contributed by atoms with E-state index >= 15 is 0 Å². The monoisotopic (exact) mass is 546 g/mol. The highest BCUT2D eigenvalue weighted by atomic mass is 32.2. The third-order valence-corrected chi connectivity index (χ3v) is 8.31. The van der Waals surface area contributed by atoms with Gasteiger partial charge in [-0.05, 0) is 54.7 Å². The number of ether oxygens (including phenoxy) is 3. The van der Waals surface area contributed by atoms with Crippen LogP contribution >= 0.6 is 0 Å². The van der Waals surface area contributed by atoms with Crippen LogP contribution in [-0.2, 0) is 29.1 Å². The third-order valence-electron chi connectivity index (χ3n) is 6.82. The van der Waals surface area contributed by atoms with Crippen molar-refractivity contribution in [2.75, 3.05) is 33.4 Å². The van der Waals surface area contributed by atoms with Crippen LogP contribution in [0.2, 0.25) is 0 Å². The summed E-state index contributed by atoms with van der Waals surface area (Å²) in [6.07, 6.45) is 3.33. The molecule has 0 spiro atoms. The summed E-state index contributed by atoms with van der Waals surface area (Å²) < 4.78 is 45.7. The van der Waals surface area contributed by atoms with E-state index in [0.717, 1.165) is 30.4 Å². The summed E-state index contributed by atoms with van der Waals surface area (Å²) in [6.45, 7) is 1.23. The van der Waals surface area contributed by atoms with Crippen LogP contribution in [-0.4, -0.2) is 75.5 Å². The fourth-order valence-electron chi connectivity index (χ4n) is 4.74. The molecule has 2 fully saturated rings. The summed E-state index contributed by atoms with van der Waals surface area (Å²) in [7, 11) is -2.61. The van der Waals surface area contributed by atoms with Gasteiger partial charge < -0.3 is 24.2 Å². The van der Waals surface area contributed by atoms with E-state index in [4.69, 9.17) is 14.2 Å². The minimum atomic E-state index is -4.18. The molecule has 1 atom stereocenters. The average Bonchev–Trinajstić information content (AvgIpc) is 3.12. The lowest BCUT2D eigenvalue weighted by atomic mass is 10.0.